The van der Waals surface area contributed by atoms with Crippen LogP contribution in [0.15, 0.2) is 35.5 Å². The molecule has 0 saturated carbocycles. The van der Waals surface area contributed by atoms with Gasteiger partial charge in [0.05, 0.1) is 0 Å². The summed E-state index contributed by atoms with van der Waals surface area (Å²) in [5, 5.41) is 8.01. The molecule has 1 aromatic carbocycles. The largest absolute Gasteiger partial charge is 0.361 e. The second kappa shape index (κ2) is 8.35. The second-order valence-electron chi connectivity index (χ2n) is 5.15. The SMILES string of the molecule is CCCCN=C(NCC)NCCc1c[nH]c2ccccc12. The Balaban J connectivity index is 1.88. The van der Waals surface area contributed by atoms with Crippen molar-refractivity contribution < 1.29 is 0 Å². The van der Waals surface area contributed by atoms with Gasteiger partial charge in [0.1, 0.15) is 0 Å². The minimum absolute atomic E-state index is 0.888. The zero-order valence-corrected chi connectivity index (χ0v) is 13.1. The van der Waals surface area contributed by atoms with Crippen LogP contribution in [0.3, 0.4) is 0 Å². The normalized spacial score (nSPS) is 11.8. The summed E-state index contributed by atoms with van der Waals surface area (Å²) in [4.78, 5) is 7.89. The quantitative estimate of drug-likeness (QED) is 0.416. The van der Waals surface area contributed by atoms with E-state index in [1.807, 2.05) is 0 Å². The molecule has 0 fully saturated rings. The minimum atomic E-state index is 0.888. The molecule has 0 atom stereocenters. The first-order chi connectivity index (χ1) is 10.3. The molecule has 0 unspecified atom stereocenters. The van der Waals surface area contributed by atoms with Crippen LogP contribution < -0.4 is 10.6 Å². The molecule has 114 valence electrons. The number of aromatic nitrogens is 1. The molecule has 0 aliphatic rings. The highest BCUT2D eigenvalue weighted by Crippen LogP contribution is 2.17. The number of para-hydroxylation sites is 1. The van der Waals surface area contributed by atoms with Crippen molar-refractivity contribution in [1.82, 2.24) is 15.6 Å². The molecule has 0 aliphatic carbocycles. The lowest BCUT2D eigenvalue weighted by molar-refractivity contribution is 0.768. The van der Waals surface area contributed by atoms with Crippen LogP contribution in [0.25, 0.3) is 10.9 Å². The molecule has 4 heteroatoms. The highest BCUT2D eigenvalue weighted by molar-refractivity contribution is 5.83. The maximum Gasteiger partial charge on any atom is 0.191 e. The lowest BCUT2D eigenvalue weighted by Crippen LogP contribution is -2.38. The predicted octanol–water partition coefficient (Wildman–Crippen LogP) is 3.07. The zero-order valence-electron chi connectivity index (χ0n) is 13.1. The fourth-order valence-electron chi connectivity index (χ4n) is 2.34. The number of aromatic amines is 1. The van der Waals surface area contributed by atoms with Crippen molar-refractivity contribution in [3.63, 3.8) is 0 Å². The molecule has 1 heterocycles. The summed E-state index contributed by atoms with van der Waals surface area (Å²) < 4.78 is 0. The summed E-state index contributed by atoms with van der Waals surface area (Å²) in [6.07, 6.45) is 5.41. The van der Waals surface area contributed by atoms with E-state index in [0.29, 0.717) is 0 Å². The molecule has 2 aromatic rings. The minimum Gasteiger partial charge on any atom is -0.361 e. The Labute approximate surface area is 127 Å². The third-order valence-electron chi connectivity index (χ3n) is 3.49. The zero-order chi connectivity index (χ0) is 14.9. The molecule has 2 rings (SSSR count). The van der Waals surface area contributed by atoms with Crippen molar-refractivity contribution in [3.8, 4) is 0 Å². The number of nitrogens with zero attached hydrogens (tertiary/aromatic N) is 1. The van der Waals surface area contributed by atoms with Crippen LogP contribution >= 0.6 is 0 Å². The van der Waals surface area contributed by atoms with Gasteiger partial charge in [0.2, 0.25) is 0 Å². The number of hydrogen-bond donors (Lipinski definition) is 3. The Morgan fingerprint density at radius 2 is 2.05 bits per heavy atom. The second-order valence-corrected chi connectivity index (χ2v) is 5.15. The van der Waals surface area contributed by atoms with Crippen LogP contribution in [-0.4, -0.2) is 30.6 Å². The maximum absolute atomic E-state index is 4.57. The third-order valence-corrected chi connectivity index (χ3v) is 3.49. The number of hydrogen-bond acceptors (Lipinski definition) is 1. The van der Waals surface area contributed by atoms with E-state index in [1.165, 1.54) is 22.9 Å². The average Bonchev–Trinajstić information content (AvgIpc) is 2.91. The molecule has 3 N–H and O–H groups in total. The Kier molecular flexibility index (Phi) is 6.13. The van der Waals surface area contributed by atoms with E-state index < -0.39 is 0 Å². The van der Waals surface area contributed by atoms with Gasteiger partial charge < -0.3 is 15.6 Å². The molecular weight excluding hydrogens is 260 g/mol. The van der Waals surface area contributed by atoms with Gasteiger partial charge in [0.25, 0.3) is 0 Å². The fourth-order valence-corrected chi connectivity index (χ4v) is 2.34. The van der Waals surface area contributed by atoms with E-state index in [2.05, 4.69) is 64.9 Å². The molecule has 0 radical (unpaired) electrons. The summed E-state index contributed by atoms with van der Waals surface area (Å²) in [5.74, 6) is 0.922. The summed E-state index contributed by atoms with van der Waals surface area (Å²) in [5.41, 5.74) is 2.55. The van der Waals surface area contributed by atoms with E-state index in [1.54, 1.807) is 0 Å². The standard InChI is InChI=1S/C17H26N4/c1-3-5-11-19-17(18-4-2)20-12-10-14-13-21-16-9-7-6-8-15(14)16/h6-9,13,21H,3-5,10-12H2,1-2H3,(H2,18,19,20). The Bertz CT molecular complexity index is 571. The number of H-pyrrole nitrogens is 1. The summed E-state index contributed by atoms with van der Waals surface area (Å²) in [7, 11) is 0. The lowest BCUT2D eigenvalue weighted by Gasteiger charge is -2.10. The molecule has 21 heavy (non-hydrogen) atoms. The van der Waals surface area contributed by atoms with Crippen LogP contribution in [0.2, 0.25) is 0 Å². The molecule has 0 amide bonds. The van der Waals surface area contributed by atoms with Crippen molar-refractivity contribution in [1.29, 1.82) is 0 Å². The van der Waals surface area contributed by atoms with E-state index in [9.17, 15) is 0 Å². The summed E-state index contributed by atoms with van der Waals surface area (Å²) in [6, 6.07) is 8.43. The van der Waals surface area contributed by atoms with Crippen molar-refractivity contribution >= 4 is 16.9 Å². The van der Waals surface area contributed by atoms with Crippen molar-refractivity contribution in [2.24, 2.45) is 4.99 Å². The van der Waals surface area contributed by atoms with Crippen LogP contribution in [0.4, 0.5) is 0 Å². The van der Waals surface area contributed by atoms with Gasteiger partial charge in [0.15, 0.2) is 5.96 Å². The Hall–Kier alpha value is -1.97. The number of unbranched alkanes of at least 4 members (excludes halogenated alkanes) is 1. The molecule has 1 aromatic heterocycles. The van der Waals surface area contributed by atoms with Crippen LogP contribution in [-0.2, 0) is 6.42 Å². The van der Waals surface area contributed by atoms with Gasteiger partial charge in [0, 0.05) is 36.7 Å². The molecular formula is C17H26N4. The fraction of sp³-hybridized carbons (Fsp3) is 0.471. The topological polar surface area (TPSA) is 52.2 Å². The van der Waals surface area contributed by atoms with Gasteiger partial charge >= 0.3 is 0 Å². The molecule has 0 spiro atoms. The van der Waals surface area contributed by atoms with Gasteiger partial charge in [-0.15, -0.1) is 0 Å². The number of rotatable bonds is 7. The number of aliphatic imine (C=N–C) groups is 1. The van der Waals surface area contributed by atoms with Crippen molar-refractivity contribution in [3.05, 3.63) is 36.0 Å². The number of fused-ring (bicyclic) bond motifs is 1. The molecule has 0 aliphatic heterocycles. The van der Waals surface area contributed by atoms with Gasteiger partial charge in [-0.3, -0.25) is 4.99 Å². The predicted molar refractivity (Wildman–Crippen MR) is 90.9 cm³/mol. The van der Waals surface area contributed by atoms with E-state index in [4.69, 9.17) is 0 Å². The van der Waals surface area contributed by atoms with Gasteiger partial charge in [-0.1, -0.05) is 31.5 Å². The van der Waals surface area contributed by atoms with Crippen molar-refractivity contribution in [2.75, 3.05) is 19.6 Å². The molecule has 4 nitrogen and oxygen atoms in total. The molecule has 0 saturated heterocycles. The molecule has 0 bridgehead atoms. The number of benzene rings is 1. The Morgan fingerprint density at radius 3 is 2.86 bits per heavy atom. The first kappa shape index (κ1) is 15.4. The number of guanidine groups is 1. The summed E-state index contributed by atoms with van der Waals surface area (Å²) in [6.45, 7) is 6.95. The first-order valence-electron chi connectivity index (χ1n) is 7.92. The number of nitrogens with one attached hydrogen (secondary N) is 3. The lowest BCUT2D eigenvalue weighted by atomic mass is 10.1. The van der Waals surface area contributed by atoms with E-state index in [-0.39, 0.29) is 0 Å². The van der Waals surface area contributed by atoms with Gasteiger partial charge in [-0.25, -0.2) is 0 Å². The van der Waals surface area contributed by atoms with Gasteiger partial charge in [-0.2, -0.15) is 0 Å². The maximum atomic E-state index is 4.57. The summed E-state index contributed by atoms with van der Waals surface area (Å²) >= 11 is 0. The van der Waals surface area contributed by atoms with E-state index in [0.717, 1.165) is 38.4 Å². The van der Waals surface area contributed by atoms with Crippen LogP contribution in [0.5, 0.6) is 0 Å². The third kappa shape index (κ3) is 4.52. The first-order valence-corrected chi connectivity index (χ1v) is 7.92. The van der Waals surface area contributed by atoms with Crippen molar-refractivity contribution in [2.45, 2.75) is 33.1 Å². The highest BCUT2D eigenvalue weighted by Gasteiger charge is 2.03. The monoisotopic (exact) mass is 286 g/mol. The smallest absolute Gasteiger partial charge is 0.191 e. The average molecular weight is 286 g/mol. The van der Waals surface area contributed by atoms with E-state index >= 15 is 0 Å². The Morgan fingerprint density at radius 1 is 1.19 bits per heavy atom. The highest BCUT2D eigenvalue weighted by atomic mass is 15.2. The van der Waals surface area contributed by atoms with Gasteiger partial charge in [-0.05, 0) is 31.4 Å². The van der Waals surface area contributed by atoms with Crippen LogP contribution in [0.1, 0.15) is 32.3 Å². The van der Waals surface area contributed by atoms with Crippen LogP contribution in [0, 0.1) is 0 Å².